The van der Waals surface area contributed by atoms with Crippen LogP contribution in [0.1, 0.15) is 39.7 Å². The summed E-state index contributed by atoms with van der Waals surface area (Å²) in [6, 6.07) is 0.117. The minimum atomic E-state index is -1.22. The van der Waals surface area contributed by atoms with E-state index in [1.807, 2.05) is 0 Å². The highest BCUT2D eigenvalue weighted by Gasteiger charge is 2.47. The third kappa shape index (κ3) is 4.66. The third-order valence-electron chi connectivity index (χ3n) is 7.73. The molecule has 2 atom stereocenters. The number of carbonyl (C=O) groups is 2. The van der Waals surface area contributed by atoms with Gasteiger partial charge in [0.2, 0.25) is 17.8 Å². The van der Waals surface area contributed by atoms with E-state index in [1.165, 1.54) is 0 Å². The number of amides is 2. The lowest BCUT2D eigenvalue weighted by molar-refractivity contribution is -0.136. The fraction of sp³-hybridized carbons (Fsp3) is 0.600. The first kappa shape index (κ1) is 25.9. The Morgan fingerprint density at radius 2 is 1.95 bits per heavy atom. The number of carbonyl (C=O) groups excluding carboxylic acids is 1. The van der Waals surface area contributed by atoms with Gasteiger partial charge in [-0.2, -0.15) is 4.98 Å². The number of nitrogen functional groups attached to an aromatic ring is 1. The summed E-state index contributed by atoms with van der Waals surface area (Å²) in [6.07, 6.45) is 3.63. The lowest BCUT2D eigenvalue weighted by atomic mass is 9.99. The Balaban J connectivity index is 1.50. The first-order chi connectivity index (χ1) is 18.0. The number of aromatic nitrogens is 4. The van der Waals surface area contributed by atoms with Crippen molar-refractivity contribution in [3.8, 4) is 11.3 Å². The first-order valence-corrected chi connectivity index (χ1v) is 12.9. The second-order valence-corrected chi connectivity index (χ2v) is 11.1. The Bertz CT molecular complexity index is 1240. The maximum absolute atomic E-state index is 13.2. The van der Waals surface area contributed by atoms with Crippen LogP contribution < -0.4 is 20.9 Å². The molecule has 0 spiro atoms. The standard InChI is InChI=1S/C25H35N9O4/c1-15-13-38-10-9-33(15)22-29-18(16-11-27-21(26)28-12-16)17-5-7-34(19(17)30-22)25(4)6-8-32(14-25)20(35)24(2,3)31-23(36)37/h11-12,15,31H,5-10,13-14H2,1-4H3,(H,36,37)(H2,26,27,28)/t15-,25-/m0/s1. The molecule has 204 valence electrons. The summed E-state index contributed by atoms with van der Waals surface area (Å²) >= 11 is 0. The third-order valence-corrected chi connectivity index (χ3v) is 7.73. The highest BCUT2D eigenvalue weighted by molar-refractivity contribution is 5.89. The molecule has 0 aliphatic carbocycles. The van der Waals surface area contributed by atoms with E-state index in [9.17, 15) is 14.7 Å². The summed E-state index contributed by atoms with van der Waals surface area (Å²) in [5.74, 6) is 1.43. The van der Waals surface area contributed by atoms with Crippen LogP contribution in [0.2, 0.25) is 0 Å². The Hall–Kier alpha value is -3.74. The number of nitrogens with zero attached hydrogens (tertiary/aromatic N) is 7. The fourth-order valence-corrected chi connectivity index (χ4v) is 5.68. The van der Waals surface area contributed by atoms with Gasteiger partial charge < -0.3 is 35.6 Å². The molecular weight excluding hydrogens is 490 g/mol. The fourth-order valence-electron chi connectivity index (χ4n) is 5.68. The number of nitrogens with one attached hydrogen (secondary N) is 1. The van der Waals surface area contributed by atoms with Crippen LogP contribution in [-0.4, -0.2) is 98.5 Å². The van der Waals surface area contributed by atoms with Crippen molar-refractivity contribution in [1.29, 1.82) is 0 Å². The topological polar surface area (TPSA) is 163 Å². The van der Waals surface area contributed by atoms with Crippen molar-refractivity contribution in [3.05, 3.63) is 18.0 Å². The normalized spacial score (nSPS) is 23.5. The number of carboxylic acid groups (broad SMARTS) is 1. The van der Waals surface area contributed by atoms with E-state index in [-0.39, 0.29) is 23.4 Å². The van der Waals surface area contributed by atoms with Crippen molar-refractivity contribution in [3.63, 3.8) is 0 Å². The van der Waals surface area contributed by atoms with Gasteiger partial charge in [0.15, 0.2) is 0 Å². The molecule has 2 saturated heterocycles. The van der Waals surface area contributed by atoms with Crippen molar-refractivity contribution >= 4 is 29.7 Å². The number of nitrogens with two attached hydrogens (primary N) is 1. The molecule has 3 aliphatic rings. The summed E-state index contributed by atoms with van der Waals surface area (Å²) in [5, 5.41) is 11.5. The lowest BCUT2D eigenvalue weighted by Gasteiger charge is -2.38. The van der Waals surface area contributed by atoms with E-state index in [1.54, 1.807) is 31.1 Å². The molecule has 38 heavy (non-hydrogen) atoms. The summed E-state index contributed by atoms with van der Waals surface area (Å²) < 4.78 is 5.64. The first-order valence-electron chi connectivity index (χ1n) is 12.9. The monoisotopic (exact) mass is 525 g/mol. The molecule has 2 amide bonds. The number of hydrogen-bond donors (Lipinski definition) is 3. The van der Waals surface area contributed by atoms with Crippen molar-refractivity contribution in [2.24, 2.45) is 0 Å². The highest BCUT2D eigenvalue weighted by Crippen LogP contribution is 2.42. The molecule has 13 heteroatoms. The molecule has 0 unspecified atom stereocenters. The lowest BCUT2D eigenvalue weighted by Crippen LogP contribution is -2.56. The Labute approximate surface area is 221 Å². The van der Waals surface area contributed by atoms with Crippen LogP contribution in [0.5, 0.6) is 0 Å². The van der Waals surface area contributed by atoms with Gasteiger partial charge in [-0.1, -0.05) is 0 Å². The van der Waals surface area contributed by atoms with Gasteiger partial charge in [0.05, 0.1) is 30.5 Å². The Kier molecular flexibility index (Phi) is 6.49. The Morgan fingerprint density at radius 1 is 1.21 bits per heavy atom. The summed E-state index contributed by atoms with van der Waals surface area (Å²) in [5.41, 5.74) is 6.72. The number of hydrogen-bond acceptors (Lipinski definition) is 10. The minimum absolute atomic E-state index is 0.117. The molecule has 0 aromatic carbocycles. The highest BCUT2D eigenvalue weighted by atomic mass is 16.5. The molecule has 2 fully saturated rings. The van der Waals surface area contributed by atoms with Gasteiger partial charge >= 0.3 is 6.09 Å². The second-order valence-electron chi connectivity index (χ2n) is 11.1. The van der Waals surface area contributed by atoms with E-state index >= 15 is 0 Å². The molecular formula is C25H35N9O4. The van der Waals surface area contributed by atoms with E-state index < -0.39 is 11.6 Å². The van der Waals surface area contributed by atoms with Crippen molar-refractivity contribution in [2.75, 3.05) is 54.9 Å². The van der Waals surface area contributed by atoms with E-state index in [2.05, 4.69) is 38.9 Å². The number of morpholine rings is 1. The number of fused-ring (bicyclic) bond motifs is 1. The van der Waals surface area contributed by atoms with E-state index in [0.29, 0.717) is 38.8 Å². The maximum atomic E-state index is 13.2. The predicted octanol–water partition coefficient (Wildman–Crippen LogP) is 1.14. The second kappa shape index (κ2) is 9.53. The van der Waals surface area contributed by atoms with Gasteiger partial charge in [0, 0.05) is 49.7 Å². The zero-order valence-electron chi connectivity index (χ0n) is 22.3. The molecule has 5 heterocycles. The molecule has 4 N–H and O–H groups in total. The SMILES string of the molecule is C[C@H]1COCCN1c1nc(-c2cnc(N)nc2)c2c(n1)N([C@@]1(C)CCN(C(=O)C(C)(C)NC(=O)O)C1)CC2. The van der Waals surface area contributed by atoms with Crippen molar-refractivity contribution in [1.82, 2.24) is 30.2 Å². The number of anilines is 3. The number of rotatable bonds is 5. The van der Waals surface area contributed by atoms with Crippen LogP contribution in [-0.2, 0) is 16.0 Å². The van der Waals surface area contributed by atoms with Gasteiger partial charge in [-0.25, -0.2) is 19.7 Å². The Morgan fingerprint density at radius 3 is 2.63 bits per heavy atom. The zero-order valence-corrected chi connectivity index (χ0v) is 22.3. The van der Waals surface area contributed by atoms with Crippen LogP contribution in [0, 0.1) is 0 Å². The van der Waals surface area contributed by atoms with E-state index in [4.69, 9.17) is 20.4 Å². The molecule has 0 bridgehead atoms. The molecule has 0 radical (unpaired) electrons. The van der Waals surface area contributed by atoms with Crippen LogP contribution in [0.25, 0.3) is 11.3 Å². The average molecular weight is 526 g/mol. The molecule has 5 rings (SSSR count). The molecule has 3 aliphatic heterocycles. The minimum Gasteiger partial charge on any atom is -0.465 e. The zero-order chi connectivity index (χ0) is 27.2. The van der Waals surface area contributed by atoms with Crippen LogP contribution in [0.3, 0.4) is 0 Å². The van der Waals surface area contributed by atoms with Gasteiger partial charge in [0.1, 0.15) is 11.4 Å². The van der Waals surface area contributed by atoms with Gasteiger partial charge in [-0.3, -0.25) is 4.79 Å². The summed E-state index contributed by atoms with van der Waals surface area (Å²) in [7, 11) is 0. The van der Waals surface area contributed by atoms with Crippen LogP contribution in [0.15, 0.2) is 12.4 Å². The molecule has 0 saturated carbocycles. The number of ether oxygens (including phenoxy) is 1. The smallest absolute Gasteiger partial charge is 0.405 e. The largest absolute Gasteiger partial charge is 0.465 e. The summed E-state index contributed by atoms with van der Waals surface area (Å²) in [4.78, 5) is 49.1. The summed E-state index contributed by atoms with van der Waals surface area (Å²) in [6.45, 7) is 11.0. The molecule has 13 nitrogen and oxygen atoms in total. The van der Waals surface area contributed by atoms with Gasteiger partial charge in [-0.15, -0.1) is 0 Å². The van der Waals surface area contributed by atoms with Crippen molar-refractivity contribution < 1.29 is 19.4 Å². The molecule has 2 aromatic rings. The number of likely N-dealkylation sites (tertiary alicyclic amines) is 1. The van der Waals surface area contributed by atoms with Gasteiger partial charge in [0.25, 0.3) is 0 Å². The van der Waals surface area contributed by atoms with E-state index in [0.717, 1.165) is 42.0 Å². The average Bonchev–Trinajstić information content (AvgIpc) is 3.48. The quantitative estimate of drug-likeness (QED) is 0.513. The van der Waals surface area contributed by atoms with Gasteiger partial charge in [-0.05, 0) is 40.5 Å². The maximum Gasteiger partial charge on any atom is 0.405 e. The van der Waals surface area contributed by atoms with Crippen molar-refractivity contribution in [2.45, 2.75) is 57.7 Å². The predicted molar refractivity (Wildman–Crippen MR) is 141 cm³/mol. The van der Waals surface area contributed by atoms with Crippen LogP contribution >= 0.6 is 0 Å². The molecule has 2 aromatic heterocycles. The van der Waals surface area contributed by atoms with Crippen LogP contribution in [0.4, 0.5) is 22.5 Å².